The minimum Gasteiger partial charge on any atom is -0.484 e. The molecule has 1 N–H and O–H groups in total. The quantitative estimate of drug-likeness (QED) is 0.630. The van der Waals surface area contributed by atoms with Crippen LogP contribution in [0.15, 0.2) is 53.0 Å². The molecule has 0 heterocycles. The summed E-state index contributed by atoms with van der Waals surface area (Å²) in [6.45, 7) is 6.57. The number of hydrogen-bond acceptors (Lipinski definition) is 3. The second kappa shape index (κ2) is 10.9. The van der Waals surface area contributed by atoms with Gasteiger partial charge < -0.3 is 15.0 Å². The van der Waals surface area contributed by atoms with E-state index in [1.165, 1.54) is 0 Å². The fraction of sp³-hybridized carbons (Fsp3) is 0.364. The molecular weight excluding hydrogens is 420 g/mol. The molecule has 2 aromatic carbocycles. The Morgan fingerprint density at radius 3 is 2.36 bits per heavy atom. The van der Waals surface area contributed by atoms with E-state index in [0.29, 0.717) is 18.8 Å². The van der Waals surface area contributed by atoms with Crippen molar-refractivity contribution in [2.24, 2.45) is 0 Å². The third-order valence-corrected chi connectivity index (χ3v) is 4.89. The molecule has 0 spiro atoms. The lowest BCUT2D eigenvalue weighted by atomic mass is 10.1. The lowest BCUT2D eigenvalue weighted by Crippen LogP contribution is -2.49. The second-order valence-electron chi connectivity index (χ2n) is 6.72. The van der Waals surface area contributed by atoms with E-state index in [4.69, 9.17) is 4.74 Å². The highest BCUT2D eigenvalue weighted by Crippen LogP contribution is 2.17. The Balaban J connectivity index is 2.10. The number of amides is 2. The summed E-state index contributed by atoms with van der Waals surface area (Å²) in [6, 6.07) is 14.6. The standard InChI is InChI=1S/C22H27BrN2O3/c1-4-13-24-22(27)17(3)25(14-18-7-5-16(2)6-8-18)21(26)15-28-20-11-9-19(23)10-12-20/h5-12,17H,4,13-15H2,1-3H3,(H,24,27). The number of rotatable bonds is 9. The van der Waals surface area contributed by atoms with E-state index < -0.39 is 6.04 Å². The maximum atomic E-state index is 12.9. The highest BCUT2D eigenvalue weighted by atomic mass is 79.9. The van der Waals surface area contributed by atoms with Gasteiger partial charge in [0.15, 0.2) is 6.61 Å². The predicted molar refractivity (Wildman–Crippen MR) is 114 cm³/mol. The highest BCUT2D eigenvalue weighted by Gasteiger charge is 2.26. The van der Waals surface area contributed by atoms with Crippen LogP contribution in [0.25, 0.3) is 0 Å². The minimum atomic E-state index is -0.589. The molecule has 0 aliphatic rings. The molecule has 0 fully saturated rings. The van der Waals surface area contributed by atoms with Crippen molar-refractivity contribution in [1.82, 2.24) is 10.2 Å². The van der Waals surface area contributed by atoms with Crippen molar-refractivity contribution in [1.29, 1.82) is 0 Å². The van der Waals surface area contributed by atoms with Crippen molar-refractivity contribution in [2.45, 2.75) is 39.8 Å². The van der Waals surface area contributed by atoms with Gasteiger partial charge in [-0.25, -0.2) is 0 Å². The molecule has 2 amide bonds. The average molecular weight is 447 g/mol. The van der Waals surface area contributed by atoms with Gasteiger partial charge in [0.1, 0.15) is 11.8 Å². The van der Waals surface area contributed by atoms with Crippen molar-refractivity contribution < 1.29 is 14.3 Å². The van der Waals surface area contributed by atoms with Crippen LogP contribution in [0.4, 0.5) is 0 Å². The van der Waals surface area contributed by atoms with Gasteiger partial charge in [-0.05, 0) is 50.1 Å². The van der Waals surface area contributed by atoms with Gasteiger partial charge in [-0.15, -0.1) is 0 Å². The summed E-state index contributed by atoms with van der Waals surface area (Å²) in [5.74, 6) is 0.212. The van der Waals surface area contributed by atoms with E-state index in [0.717, 1.165) is 22.0 Å². The third-order valence-electron chi connectivity index (χ3n) is 4.37. The van der Waals surface area contributed by atoms with Crippen molar-refractivity contribution in [3.63, 3.8) is 0 Å². The molecule has 28 heavy (non-hydrogen) atoms. The van der Waals surface area contributed by atoms with E-state index in [1.807, 2.05) is 50.2 Å². The zero-order valence-electron chi connectivity index (χ0n) is 16.6. The molecule has 2 rings (SSSR count). The SMILES string of the molecule is CCCNC(=O)C(C)N(Cc1ccc(C)cc1)C(=O)COc1ccc(Br)cc1. The molecule has 1 unspecified atom stereocenters. The molecule has 0 aliphatic heterocycles. The van der Waals surface area contributed by atoms with Crippen LogP contribution in [0.2, 0.25) is 0 Å². The van der Waals surface area contributed by atoms with Gasteiger partial charge in [-0.1, -0.05) is 52.7 Å². The lowest BCUT2D eigenvalue weighted by Gasteiger charge is -2.28. The Morgan fingerprint density at radius 1 is 1.11 bits per heavy atom. The zero-order chi connectivity index (χ0) is 20.5. The first-order chi connectivity index (χ1) is 13.4. The third kappa shape index (κ3) is 6.68. The molecule has 150 valence electrons. The summed E-state index contributed by atoms with van der Waals surface area (Å²) >= 11 is 3.37. The molecule has 5 nitrogen and oxygen atoms in total. The highest BCUT2D eigenvalue weighted by molar-refractivity contribution is 9.10. The lowest BCUT2D eigenvalue weighted by molar-refractivity contribution is -0.142. The summed E-state index contributed by atoms with van der Waals surface area (Å²) < 4.78 is 6.57. The number of halogens is 1. The summed E-state index contributed by atoms with van der Waals surface area (Å²) in [4.78, 5) is 26.9. The molecule has 0 saturated heterocycles. The van der Waals surface area contributed by atoms with Gasteiger partial charge in [-0.2, -0.15) is 0 Å². The van der Waals surface area contributed by atoms with E-state index in [1.54, 1.807) is 24.0 Å². The number of ether oxygens (including phenoxy) is 1. The molecule has 0 saturated carbocycles. The van der Waals surface area contributed by atoms with Gasteiger partial charge in [0.2, 0.25) is 5.91 Å². The molecule has 0 aromatic heterocycles. The molecule has 1 atom stereocenters. The Bertz CT molecular complexity index is 775. The zero-order valence-corrected chi connectivity index (χ0v) is 18.2. The molecule has 0 aliphatic carbocycles. The second-order valence-corrected chi connectivity index (χ2v) is 7.63. The van der Waals surface area contributed by atoms with Gasteiger partial charge >= 0.3 is 0 Å². The Kier molecular flexibility index (Phi) is 8.51. The monoisotopic (exact) mass is 446 g/mol. The number of aryl methyl sites for hydroxylation is 1. The van der Waals surface area contributed by atoms with Crippen LogP contribution in [0.5, 0.6) is 5.75 Å². The normalized spacial score (nSPS) is 11.6. The van der Waals surface area contributed by atoms with Crippen molar-refractivity contribution >= 4 is 27.7 Å². The maximum absolute atomic E-state index is 12.9. The first-order valence-corrected chi connectivity index (χ1v) is 10.2. The first kappa shape index (κ1) is 22.0. The van der Waals surface area contributed by atoms with Crippen LogP contribution in [-0.2, 0) is 16.1 Å². The van der Waals surface area contributed by atoms with Gasteiger partial charge in [0, 0.05) is 17.6 Å². The minimum absolute atomic E-state index is 0.126. The van der Waals surface area contributed by atoms with Gasteiger partial charge in [0.25, 0.3) is 5.91 Å². The number of benzene rings is 2. The smallest absolute Gasteiger partial charge is 0.261 e. The van der Waals surface area contributed by atoms with E-state index in [-0.39, 0.29) is 18.4 Å². The van der Waals surface area contributed by atoms with Crippen LogP contribution in [-0.4, -0.2) is 35.9 Å². The topological polar surface area (TPSA) is 58.6 Å². The van der Waals surface area contributed by atoms with Crippen LogP contribution in [0, 0.1) is 6.92 Å². The van der Waals surface area contributed by atoms with Crippen molar-refractivity contribution in [2.75, 3.05) is 13.2 Å². The number of carbonyl (C=O) groups excluding carboxylic acids is 2. The summed E-state index contributed by atoms with van der Waals surface area (Å²) in [7, 11) is 0. The van der Waals surface area contributed by atoms with E-state index >= 15 is 0 Å². The Labute approximate surface area is 175 Å². The summed E-state index contributed by atoms with van der Waals surface area (Å²) in [6.07, 6.45) is 0.844. The van der Waals surface area contributed by atoms with Crippen LogP contribution < -0.4 is 10.1 Å². The molecular formula is C22H27BrN2O3. The fourth-order valence-electron chi connectivity index (χ4n) is 2.63. The molecule has 0 radical (unpaired) electrons. The number of nitrogens with zero attached hydrogens (tertiary/aromatic N) is 1. The van der Waals surface area contributed by atoms with E-state index in [2.05, 4.69) is 21.2 Å². The number of nitrogens with one attached hydrogen (secondary N) is 1. The van der Waals surface area contributed by atoms with Crippen molar-refractivity contribution in [3.8, 4) is 5.75 Å². The summed E-state index contributed by atoms with van der Waals surface area (Å²) in [5, 5.41) is 2.86. The molecule has 0 bridgehead atoms. The maximum Gasteiger partial charge on any atom is 0.261 e. The number of hydrogen-bond donors (Lipinski definition) is 1. The van der Waals surface area contributed by atoms with E-state index in [9.17, 15) is 9.59 Å². The average Bonchev–Trinajstić information content (AvgIpc) is 2.70. The Hall–Kier alpha value is -2.34. The van der Waals surface area contributed by atoms with Crippen molar-refractivity contribution in [3.05, 3.63) is 64.1 Å². The van der Waals surface area contributed by atoms with Gasteiger partial charge in [-0.3, -0.25) is 9.59 Å². The van der Waals surface area contributed by atoms with Crippen LogP contribution in [0.3, 0.4) is 0 Å². The molecule has 6 heteroatoms. The van der Waals surface area contributed by atoms with Crippen LogP contribution in [0.1, 0.15) is 31.4 Å². The Morgan fingerprint density at radius 2 is 1.75 bits per heavy atom. The summed E-state index contributed by atoms with van der Waals surface area (Å²) in [5.41, 5.74) is 2.12. The largest absolute Gasteiger partial charge is 0.484 e. The molecule has 2 aromatic rings. The van der Waals surface area contributed by atoms with Gasteiger partial charge in [0.05, 0.1) is 0 Å². The van der Waals surface area contributed by atoms with Crippen LogP contribution >= 0.6 is 15.9 Å². The predicted octanol–water partition coefficient (Wildman–Crippen LogP) is 4.08. The first-order valence-electron chi connectivity index (χ1n) is 9.41. The number of carbonyl (C=O) groups is 2. The fourth-order valence-corrected chi connectivity index (χ4v) is 2.89.